The quantitative estimate of drug-likeness (QED) is 0.772. The molecule has 1 aliphatic rings. The van der Waals surface area contributed by atoms with Crippen LogP contribution in [0.1, 0.15) is 46.0 Å². The normalized spacial score (nSPS) is 15.9. The van der Waals surface area contributed by atoms with Gasteiger partial charge in [0.1, 0.15) is 5.78 Å². The number of hydrogen-bond acceptors (Lipinski definition) is 2. The zero-order chi connectivity index (χ0) is 17.9. The third-order valence-corrected chi connectivity index (χ3v) is 10.4. The molecule has 0 spiro atoms. The molecule has 0 aliphatic heterocycles. The first-order valence-electron chi connectivity index (χ1n) is 9.28. The molecule has 1 N–H and O–H groups in total. The monoisotopic (exact) mass is 352 g/mol. The molecule has 3 rings (SSSR count). The van der Waals surface area contributed by atoms with Crippen molar-refractivity contribution in [3.8, 4) is 0 Å². The number of rotatable bonds is 7. The maximum Gasteiger partial charge on any atom is 0.258 e. The average Bonchev–Trinajstić information content (AvgIpc) is 2.60. The van der Waals surface area contributed by atoms with Gasteiger partial charge in [0, 0.05) is 12.8 Å². The summed E-state index contributed by atoms with van der Waals surface area (Å²) in [4.78, 5) is 23.2. The summed E-state index contributed by atoms with van der Waals surface area (Å²) in [6, 6.07) is 20.4. The SMILES string of the molecule is CC(C)(CCCC1CC(=O)C1)[Si](O)(c1ccccc1)c1ccccc1. The first-order valence-corrected chi connectivity index (χ1v) is 11.2. The van der Waals surface area contributed by atoms with Gasteiger partial charge in [-0.3, -0.25) is 4.79 Å². The Morgan fingerprint density at radius 2 is 1.44 bits per heavy atom. The highest BCUT2D eigenvalue weighted by Crippen LogP contribution is 2.41. The van der Waals surface area contributed by atoms with Crippen molar-refractivity contribution in [3.63, 3.8) is 0 Å². The van der Waals surface area contributed by atoms with Crippen molar-refractivity contribution in [2.45, 2.75) is 51.0 Å². The van der Waals surface area contributed by atoms with E-state index in [1.54, 1.807) is 0 Å². The number of Topliss-reactive ketones (excluding diaryl/α,β-unsaturated/α-hetero) is 1. The number of benzene rings is 2. The third-order valence-electron chi connectivity index (χ3n) is 5.81. The molecule has 0 bridgehead atoms. The van der Waals surface area contributed by atoms with Crippen LogP contribution >= 0.6 is 0 Å². The minimum atomic E-state index is -2.87. The molecule has 0 radical (unpaired) electrons. The van der Waals surface area contributed by atoms with E-state index in [4.69, 9.17) is 0 Å². The Kier molecular flexibility index (Phi) is 5.26. The molecule has 3 heteroatoms. The fraction of sp³-hybridized carbons (Fsp3) is 0.409. The molecule has 25 heavy (non-hydrogen) atoms. The Morgan fingerprint density at radius 3 is 1.88 bits per heavy atom. The van der Waals surface area contributed by atoms with Gasteiger partial charge >= 0.3 is 0 Å². The highest BCUT2D eigenvalue weighted by atomic mass is 28.4. The highest BCUT2D eigenvalue weighted by Gasteiger charge is 2.49. The molecule has 2 aromatic carbocycles. The first-order chi connectivity index (χ1) is 11.9. The van der Waals surface area contributed by atoms with Crippen LogP contribution in [0.2, 0.25) is 5.04 Å². The van der Waals surface area contributed by atoms with E-state index in [9.17, 15) is 9.59 Å². The van der Waals surface area contributed by atoms with Crippen molar-refractivity contribution in [2.24, 2.45) is 5.92 Å². The number of hydrogen-bond donors (Lipinski definition) is 1. The summed E-state index contributed by atoms with van der Waals surface area (Å²) in [7, 11) is -2.87. The molecular formula is C22H28O2Si. The lowest BCUT2D eigenvalue weighted by atomic mass is 9.80. The molecule has 0 saturated heterocycles. The van der Waals surface area contributed by atoms with Gasteiger partial charge in [-0.25, -0.2) is 0 Å². The molecule has 0 atom stereocenters. The van der Waals surface area contributed by atoms with Crippen molar-refractivity contribution < 1.29 is 9.59 Å². The standard InChI is InChI=1S/C22H28O2Si/c1-22(2,15-9-10-18-16-19(23)17-18)25(24,20-11-5-3-6-12-20)21-13-7-4-8-14-21/h3-8,11-14,18,24H,9-10,15-17H2,1-2H3. The number of carbonyl (C=O) groups is 1. The molecule has 2 nitrogen and oxygen atoms in total. The van der Waals surface area contributed by atoms with E-state index < -0.39 is 8.32 Å². The molecule has 1 aliphatic carbocycles. The lowest BCUT2D eigenvalue weighted by molar-refractivity contribution is -0.127. The van der Waals surface area contributed by atoms with Crippen LogP contribution < -0.4 is 10.4 Å². The Morgan fingerprint density at radius 1 is 0.960 bits per heavy atom. The largest absolute Gasteiger partial charge is 0.424 e. The van der Waals surface area contributed by atoms with Crippen LogP contribution in [0.25, 0.3) is 0 Å². The van der Waals surface area contributed by atoms with E-state index in [-0.39, 0.29) is 5.04 Å². The van der Waals surface area contributed by atoms with Crippen molar-refractivity contribution in [1.82, 2.24) is 0 Å². The fourth-order valence-electron chi connectivity index (χ4n) is 4.11. The van der Waals surface area contributed by atoms with Crippen LogP contribution in [0.4, 0.5) is 0 Å². The third kappa shape index (κ3) is 3.63. The zero-order valence-corrected chi connectivity index (χ0v) is 16.2. The summed E-state index contributed by atoms with van der Waals surface area (Å²) in [5, 5.41) is 1.97. The van der Waals surface area contributed by atoms with Crippen LogP contribution in [-0.4, -0.2) is 18.9 Å². The summed E-state index contributed by atoms with van der Waals surface area (Å²) >= 11 is 0. The Hall–Kier alpha value is -1.71. The molecule has 0 amide bonds. The molecule has 0 heterocycles. The topological polar surface area (TPSA) is 37.3 Å². The number of carbonyl (C=O) groups excluding carboxylic acids is 1. The van der Waals surface area contributed by atoms with Crippen LogP contribution in [-0.2, 0) is 4.79 Å². The van der Waals surface area contributed by atoms with Gasteiger partial charge in [0.05, 0.1) is 0 Å². The predicted octanol–water partition coefficient (Wildman–Crippen LogP) is 3.67. The zero-order valence-electron chi connectivity index (χ0n) is 15.2. The minimum absolute atomic E-state index is 0.177. The smallest absolute Gasteiger partial charge is 0.258 e. The second-order valence-electron chi connectivity index (χ2n) is 8.03. The first kappa shape index (κ1) is 18.1. The Labute approximate surface area is 152 Å². The van der Waals surface area contributed by atoms with Gasteiger partial charge in [-0.1, -0.05) is 80.9 Å². The lowest BCUT2D eigenvalue weighted by Crippen LogP contribution is -2.65. The molecule has 0 unspecified atom stereocenters. The maximum absolute atomic E-state index is 12.0. The van der Waals surface area contributed by atoms with Crippen molar-refractivity contribution in [3.05, 3.63) is 60.7 Å². The predicted molar refractivity (Wildman–Crippen MR) is 106 cm³/mol. The van der Waals surface area contributed by atoms with E-state index in [2.05, 4.69) is 38.1 Å². The van der Waals surface area contributed by atoms with E-state index in [0.29, 0.717) is 11.7 Å². The molecule has 1 fully saturated rings. The van der Waals surface area contributed by atoms with Gasteiger partial charge in [0.2, 0.25) is 0 Å². The molecule has 132 valence electrons. The van der Waals surface area contributed by atoms with Crippen molar-refractivity contribution in [2.75, 3.05) is 0 Å². The summed E-state index contributed by atoms with van der Waals surface area (Å²) in [6.45, 7) is 4.43. The summed E-state index contributed by atoms with van der Waals surface area (Å²) in [5.74, 6) is 0.982. The van der Waals surface area contributed by atoms with Gasteiger partial charge in [-0.2, -0.15) is 0 Å². The average molecular weight is 353 g/mol. The molecule has 0 aromatic heterocycles. The van der Waals surface area contributed by atoms with Crippen molar-refractivity contribution in [1.29, 1.82) is 0 Å². The maximum atomic E-state index is 12.0. The van der Waals surface area contributed by atoms with E-state index in [1.807, 2.05) is 36.4 Å². The van der Waals surface area contributed by atoms with E-state index >= 15 is 0 Å². The van der Waals surface area contributed by atoms with Gasteiger partial charge < -0.3 is 4.80 Å². The fourth-order valence-corrected chi connectivity index (χ4v) is 7.89. The highest BCUT2D eigenvalue weighted by molar-refractivity contribution is 6.98. The van der Waals surface area contributed by atoms with Crippen LogP contribution in [0, 0.1) is 5.92 Å². The van der Waals surface area contributed by atoms with Gasteiger partial charge in [0.15, 0.2) is 0 Å². The van der Waals surface area contributed by atoms with Crippen LogP contribution in [0.15, 0.2) is 60.7 Å². The second kappa shape index (κ2) is 7.26. The molecular weight excluding hydrogens is 324 g/mol. The van der Waals surface area contributed by atoms with E-state index in [0.717, 1.165) is 42.5 Å². The van der Waals surface area contributed by atoms with Crippen molar-refractivity contribution >= 4 is 24.5 Å². The summed E-state index contributed by atoms with van der Waals surface area (Å²) < 4.78 is 0. The van der Waals surface area contributed by atoms with Crippen LogP contribution in [0.3, 0.4) is 0 Å². The lowest BCUT2D eigenvalue weighted by Gasteiger charge is -2.41. The molecule has 1 saturated carbocycles. The summed E-state index contributed by atoms with van der Waals surface area (Å²) in [5.41, 5.74) is 0. The molecule has 2 aromatic rings. The van der Waals surface area contributed by atoms with E-state index in [1.165, 1.54) is 0 Å². The second-order valence-corrected chi connectivity index (χ2v) is 12.0. The minimum Gasteiger partial charge on any atom is -0.424 e. The summed E-state index contributed by atoms with van der Waals surface area (Å²) in [6.07, 6.45) is 4.67. The Bertz CT molecular complexity index is 662. The van der Waals surface area contributed by atoms with Gasteiger partial charge in [-0.15, -0.1) is 0 Å². The van der Waals surface area contributed by atoms with Crippen LogP contribution in [0.5, 0.6) is 0 Å². The number of ketones is 1. The van der Waals surface area contributed by atoms with Gasteiger partial charge in [0.25, 0.3) is 8.32 Å². The van der Waals surface area contributed by atoms with Gasteiger partial charge in [-0.05, 0) is 34.2 Å². The Balaban J connectivity index is 1.84.